The number of aromatic nitrogens is 2. The zero-order valence-corrected chi connectivity index (χ0v) is 10.6. The van der Waals surface area contributed by atoms with Gasteiger partial charge in [-0.15, -0.1) is 0 Å². The van der Waals surface area contributed by atoms with E-state index in [0.717, 1.165) is 6.20 Å². The van der Waals surface area contributed by atoms with Crippen LogP contribution in [0.15, 0.2) is 6.20 Å². The van der Waals surface area contributed by atoms with E-state index in [1.165, 1.54) is 0 Å². The van der Waals surface area contributed by atoms with E-state index in [9.17, 15) is 18.0 Å². The first kappa shape index (κ1) is 13.9. The van der Waals surface area contributed by atoms with Gasteiger partial charge in [-0.1, -0.05) is 6.92 Å². The SMILES string of the molecule is CCC(=O)N1CCC(c2ncc(C(F)(F)F)[nH]2)CC1. The van der Waals surface area contributed by atoms with Crippen molar-refractivity contribution in [1.29, 1.82) is 0 Å². The van der Waals surface area contributed by atoms with Crippen molar-refractivity contribution in [1.82, 2.24) is 14.9 Å². The summed E-state index contributed by atoms with van der Waals surface area (Å²) in [5, 5.41) is 0. The number of hydrogen-bond donors (Lipinski definition) is 1. The molecule has 1 saturated heterocycles. The summed E-state index contributed by atoms with van der Waals surface area (Å²) < 4.78 is 37.4. The van der Waals surface area contributed by atoms with E-state index < -0.39 is 11.9 Å². The average molecular weight is 275 g/mol. The molecule has 2 heterocycles. The molecule has 7 heteroatoms. The molecule has 0 atom stereocenters. The van der Waals surface area contributed by atoms with E-state index in [1.54, 1.807) is 11.8 Å². The van der Waals surface area contributed by atoms with Crippen LogP contribution in [0.2, 0.25) is 0 Å². The summed E-state index contributed by atoms with van der Waals surface area (Å²) in [6, 6.07) is 0. The van der Waals surface area contributed by atoms with Crippen molar-refractivity contribution in [3.05, 3.63) is 17.7 Å². The first-order valence-corrected chi connectivity index (χ1v) is 6.31. The Morgan fingerprint density at radius 3 is 2.58 bits per heavy atom. The maximum atomic E-state index is 12.5. The number of nitrogens with one attached hydrogen (secondary N) is 1. The summed E-state index contributed by atoms with van der Waals surface area (Å²) >= 11 is 0. The predicted octanol–water partition coefficient (Wildman–Crippen LogP) is 2.54. The highest BCUT2D eigenvalue weighted by Gasteiger charge is 2.34. The highest BCUT2D eigenvalue weighted by Crippen LogP contribution is 2.31. The van der Waals surface area contributed by atoms with E-state index in [2.05, 4.69) is 9.97 Å². The summed E-state index contributed by atoms with van der Waals surface area (Å²) in [5.74, 6) is 0.432. The maximum absolute atomic E-state index is 12.5. The molecule has 0 bridgehead atoms. The Bertz CT molecular complexity index is 447. The van der Waals surface area contributed by atoms with Crippen LogP contribution >= 0.6 is 0 Å². The molecule has 19 heavy (non-hydrogen) atoms. The minimum absolute atomic E-state index is 0.0305. The van der Waals surface area contributed by atoms with Crippen LogP contribution in [-0.4, -0.2) is 33.9 Å². The minimum Gasteiger partial charge on any atom is -0.343 e. The lowest BCUT2D eigenvalue weighted by Crippen LogP contribution is -2.37. The molecule has 1 amide bonds. The van der Waals surface area contributed by atoms with E-state index in [-0.39, 0.29) is 11.8 Å². The molecule has 0 spiro atoms. The summed E-state index contributed by atoms with van der Waals surface area (Å²) in [7, 11) is 0. The Balaban J connectivity index is 1.98. The first-order valence-electron chi connectivity index (χ1n) is 6.31. The molecule has 0 radical (unpaired) electrons. The smallest absolute Gasteiger partial charge is 0.343 e. The van der Waals surface area contributed by atoms with Gasteiger partial charge in [0.1, 0.15) is 11.5 Å². The normalized spacial score (nSPS) is 17.8. The third-order valence-corrected chi connectivity index (χ3v) is 3.44. The van der Waals surface area contributed by atoms with Crippen LogP contribution in [0.25, 0.3) is 0 Å². The topological polar surface area (TPSA) is 49.0 Å². The lowest BCUT2D eigenvalue weighted by Gasteiger charge is -2.31. The summed E-state index contributed by atoms with van der Waals surface area (Å²) in [5.41, 5.74) is -0.811. The van der Waals surface area contributed by atoms with Gasteiger partial charge >= 0.3 is 6.18 Å². The van der Waals surface area contributed by atoms with E-state index in [1.807, 2.05) is 0 Å². The number of alkyl halides is 3. The Morgan fingerprint density at radius 2 is 2.11 bits per heavy atom. The molecule has 106 valence electrons. The number of H-pyrrole nitrogens is 1. The second kappa shape index (κ2) is 5.22. The molecule has 2 rings (SSSR count). The van der Waals surface area contributed by atoms with Gasteiger partial charge in [0.05, 0.1) is 6.20 Å². The van der Waals surface area contributed by atoms with Crippen molar-refractivity contribution >= 4 is 5.91 Å². The number of carbonyl (C=O) groups excluding carboxylic acids is 1. The number of halogens is 3. The molecule has 0 aliphatic carbocycles. The maximum Gasteiger partial charge on any atom is 0.432 e. The molecule has 1 aliphatic rings. The molecule has 0 unspecified atom stereocenters. The summed E-state index contributed by atoms with van der Waals surface area (Å²) in [6.07, 6.45) is -1.79. The van der Waals surface area contributed by atoms with Gasteiger partial charge in [0.15, 0.2) is 0 Å². The Kier molecular flexibility index (Phi) is 3.82. The number of imidazole rings is 1. The number of likely N-dealkylation sites (tertiary alicyclic amines) is 1. The zero-order chi connectivity index (χ0) is 14.0. The third-order valence-electron chi connectivity index (χ3n) is 3.44. The molecular weight excluding hydrogens is 259 g/mol. The first-order chi connectivity index (χ1) is 8.91. The molecule has 1 fully saturated rings. The van der Waals surface area contributed by atoms with Crippen LogP contribution in [-0.2, 0) is 11.0 Å². The fraction of sp³-hybridized carbons (Fsp3) is 0.667. The Hall–Kier alpha value is -1.53. The van der Waals surface area contributed by atoms with Gasteiger partial charge in [0.2, 0.25) is 5.91 Å². The standard InChI is InChI=1S/C12H16F3N3O/c1-2-10(19)18-5-3-8(4-6-18)11-16-7-9(17-11)12(13,14)15/h7-8H,2-6H2,1H3,(H,16,17). The fourth-order valence-corrected chi connectivity index (χ4v) is 2.31. The van der Waals surface area contributed by atoms with Crippen molar-refractivity contribution in [3.8, 4) is 0 Å². The second-order valence-corrected chi connectivity index (χ2v) is 4.69. The number of amides is 1. The van der Waals surface area contributed by atoms with Crippen LogP contribution in [0, 0.1) is 0 Å². The largest absolute Gasteiger partial charge is 0.432 e. The van der Waals surface area contributed by atoms with Crippen LogP contribution < -0.4 is 0 Å². The van der Waals surface area contributed by atoms with Gasteiger partial charge < -0.3 is 9.88 Å². The second-order valence-electron chi connectivity index (χ2n) is 4.69. The fourth-order valence-electron chi connectivity index (χ4n) is 2.31. The highest BCUT2D eigenvalue weighted by atomic mass is 19.4. The molecular formula is C12H16F3N3O. The zero-order valence-electron chi connectivity index (χ0n) is 10.6. The van der Waals surface area contributed by atoms with Gasteiger partial charge in [0, 0.05) is 25.4 Å². The van der Waals surface area contributed by atoms with Crippen LogP contribution in [0.3, 0.4) is 0 Å². The predicted molar refractivity (Wildman–Crippen MR) is 62.4 cm³/mol. The number of hydrogen-bond acceptors (Lipinski definition) is 2. The average Bonchev–Trinajstić information content (AvgIpc) is 2.87. The van der Waals surface area contributed by atoms with Crippen molar-refractivity contribution in [3.63, 3.8) is 0 Å². The molecule has 4 nitrogen and oxygen atoms in total. The molecule has 1 aliphatic heterocycles. The Morgan fingerprint density at radius 1 is 1.47 bits per heavy atom. The number of aromatic amines is 1. The number of carbonyl (C=O) groups is 1. The lowest BCUT2D eigenvalue weighted by molar-refractivity contribution is -0.141. The molecule has 1 aromatic heterocycles. The van der Waals surface area contributed by atoms with E-state index in [0.29, 0.717) is 38.2 Å². The van der Waals surface area contributed by atoms with Gasteiger partial charge in [-0.05, 0) is 12.8 Å². The molecule has 1 aromatic rings. The monoisotopic (exact) mass is 275 g/mol. The van der Waals surface area contributed by atoms with E-state index in [4.69, 9.17) is 0 Å². The van der Waals surface area contributed by atoms with Gasteiger partial charge in [-0.25, -0.2) is 4.98 Å². The number of piperidine rings is 1. The third kappa shape index (κ3) is 3.08. The van der Waals surface area contributed by atoms with Gasteiger partial charge in [-0.2, -0.15) is 13.2 Å². The molecule has 0 aromatic carbocycles. The van der Waals surface area contributed by atoms with Crippen LogP contribution in [0.4, 0.5) is 13.2 Å². The van der Waals surface area contributed by atoms with Crippen molar-refractivity contribution < 1.29 is 18.0 Å². The van der Waals surface area contributed by atoms with Crippen molar-refractivity contribution in [2.24, 2.45) is 0 Å². The van der Waals surface area contributed by atoms with Crippen LogP contribution in [0.5, 0.6) is 0 Å². The number of nitrogens with zero attached hydrogens (tertiary/aromatic N) is 2. The Labute approximate surface area is 109 Å². The highest BCUT2D eigenvalue weighted by molar-refractivity contribution is 5.75. The molecule has 0 saturated carbocycles. The summed E-state index contributed by atoms with van der Waals surface area (Å²) in [6.45, 7) is 2.97. The minimum atomic E-state index is -4.38. The quantitative estimate of drug-likeness (QED) is 0.901. The van der Waals surface area contributed by atoms with E-state index >= 15 is 0 Å². The number of rotatable bonds is 2. The van der Waals surface area contributed by atoms with Gasteiger partial charge in [-0.3, -0.25) is 4.79 Å². The lowest BCUT2D eigenvalue weighted by atomic mass is 9.96. The summed E-state index contributed by atoms with van der Waals surface area (Å²) in [4.78, 5) is 19.4. The van der Waals surface area contributed by atoms with Crippen molar-refractivity contribution in [2.75, 3.05) is 13.1 Å². The van der Waals surface area contributed by atoms with Crippen molar-refractivity contribution in [2.45, 2.75) is 38.3 Å². The van der Waals surface area contributed by atoms with Crippen LogP contribution in [0.1, 0.15) is 43.6 Å². The van der Waals surface area contributed by atoms with Gasteiger partial charge in [0.25, 0.3) is 0 Å². The molecule has 1 N–H and O–H groups in total.